The number of hydrogen-bond acceptors (Lipinski definition) is 6. The fraction of sp³-hybridized carbons (Fsp3) is 0.217. The Balaban J connectivity index is 1.37. The Kier molecular flexibility index (Phi) is 6.48. The number of aryl methyl sites for hydroxylation is 3. The van der Waals surface area contributed by atoms with Gasteiger partial charge in [0.25, 0.3) is 0 Å². The number of nitrogens with one attached hydrogen (secondary N) is 1. The van der Waals surface area contributed by atoms with E-state index in [-0.39, 0.29) is 12.3 Å². The molecule has 8 heteroatoms. The number of hydrogen-bond donors (Lipinski definition) is 1. The van der Waals surface area contributed by atoms with E-state index in [2.05, 4.69) is 52.5 Å². The van der Waals surface area contributed by atoms with E-state index in [4.69, 9.17) is 0 Å². The molecule has 1 N–H and O–H groups in total. The van der Waals surface area contributed by atoms with Gasteiger partial charge in [0.15, 0.2) is 5.16 Å². The Morgan fingerprint density at radius 1 is 1.10 bits per heavy atom. The van der Waals surface area contributed by atoms with Crippen molar-refractivity contribution in [3.05, 3.63) is 81.6 Å². The van der Waals surface area contributed by atoms with Crippen molar-refractivity contribution in [2.75, 3.05) is 5.32 Å². The van der Waals surface area contributed by atoms with Crippen molar-refractivity contribution in [1.82, 2.24) is 19.7 Å². The molecule has 0 spiro atoms. The molecule has 4 rings (SSSR count). The molecule has 4 aromatic rings. The number of rotatable bonds is 7. The van der Waals surface area contributed by atoms with Gasteiger partial charge in [0, 0.05) is 16.8 Å². The molecule has 0 unspecified atom stereocenters. The first kappa shape index (κ1) is 21.3. The molecule has 0 saturated heterocycles. The average Bonchev–Trinajstić information content (AvgIpc) is 3.39. The van der Waals surface area contributed by atoms with Gasteiger partial charge in [-0.25, -0.2) is 4.98 Å². The molecule has 0 fully saturated rings. The first-order chi connectivity index (χ1) is 15.0. The summed E-state index contributed by atoms with van der Waals surface area (Å²) < 4.78 is 2.01. The molecule has 158 valence electrons. The van der Waals surface area contributed by atoms with Crippen LogP contribution in [0.4, 0.5) is 5.69 Å². The molecule has 2 heterocycles. The van der Waals surface area contributed by atoms with Crippen LogP contribution >= 0.6 is 23.1 Å². The molecule has 1 amide bonds. The second kappa shape index (κ2) is 9.45. The number of aromatic nitrogens is 4. The number of anilines is 1. The van der Waals surface area contributed by atoms with Gasteiger partial charge < -0.3 is 5.32 Å². The summed E-state index contributed by atoms with van der Waals surface area (Å²) in [6, 6.07) is 14.1. The van der Waals surface area contributed by atoms with Crippen molar-refractivity contribution >= 4 is 34.7 Å². The Labute approximate surface area is 189 Å². The van der Waals surface area contributed by atoms with Crippen LogP contribution < -0.4 is 5.32 Å². The molecule has 2 aromatic heterocycles. The summed E-state index contributed by atoms with van der Waals surface area (Å²) in [5.41, 5.74) is 6.34. The second-order valence-corrected chi connectivity index (χ2v) is 9.27. The van der Waals surface area contributed by atoms with Crippen LogP contribution in [0.5, 0.6) is 0 Å². The van der Waals surface area contributed by atoms with Gasteiger partial charge in [0.2, 0.25) is 5.91 Å². The molecular formula is C23H23N5OS2. The number of amides is 1. The lowest BCUT2D eigenvalue weighted by Crippen LogP contribution is -2.14. The molecule has 0 aliphatic carbocycles. The van der Waals surface area contributed by atoms with Gasteiger partial charge in [-0.2, -0.15) is 0 Å². The molecule has 0 bridgehead atoms. The molecule has 0 saturated carbocycles. The minimum absolute atomic E-state index is 0.0629. The summed E-state index contributed by atoms with van der Waals surface area (Å²) in [7, 11) is 0. The van der Waals surface area contributed by atoms with E-state index in [1.54, 1.807) is 18.1 Å². The minimum Gasteiger partial charge on any atom is -0.326 e. The first-order valence-corrected chi connectivity index (χ1v) is 11.7. The number of thiazole rings is 1. The van der Waals surface area contributed by atoms with E-state index in [0.29, 0.717) is 5.75 Å². The minimum atomic E-state index is -0.0629. The Morgan fingerprint density at radius 3 is 2.68 bits per heavy atom. The molecule has 0 radical (unpaired) electrons. The van der Waals surface area contributed by atoms with E-state index < -0.39 is 0 Å². The van der Waals surface area contributed by atoms with Crippen molar-refractivity contribution in [3.8, 4) is 5.69 Å². The molecule has 0 aliphatic rings. The highest BCUT2D eigenvalue weighted by molar-refractivity contribution is 7.98. The highest BCUT2D eigenvalue weighted by atomic mass is 32.2. The number of thioether (sulfide) groups is 1. The van der Waals surface area contributed by atoms with Gasteiger partial charge in [0.05, 0.1) is 17.8 Å². The van der Waals surface area contributed by atoms with Crippen molar-refractivity contribution in [2.24, 2.45) is 0 Å². The SMILES string of the molecule is Cc1ccc(NC(=O)Cc2nc(CSc3nncn3-c3cc(C)ccc3C)cs2)cc1. The highest BCUT2D eigenvalue weighted by Crippen LogP contribution is 2.26. The average molecular weight is 450 g/mol. The van der Waals surface area contributed by atoms with Gasteiger partial charge in [-0.05, 0) is 50.1 Å². The van der Waals surface area contributed by atoms with E-state index >= 15 is 0 Å². The predicted molar refractivity (Wildman–Crippen MR) is 126 cm³/mol. The standard InChI is InChI=1S/C23H23N5OS2/c1-15-5-8-18(9-6-15)25-21(29)11-22-26-19(12-30-22)13-31-23-27-24-14-28(23)20-10-16(2)4-7-17(20)3/h4-10,12,14H,11,13H2,1-3H3,(H,25,29). The summed E-state index contributed by atoms with van der Waals surface area (Å²) in [5.74, 6) is 0.603. The number of benzene rings is 2. The van der Waals surface area contributed by atoms with E-state index in [0.717, 1.165) is 32.8 Å². The summed E-state index contributed by atoms with van der Waals surface area (Å²) in [6.07, 6.45) is 2.01. The predicted octanol–water partition coefficient (Wildman–Crippen LogP) is 5.12. The van der Waals surface area contributed by atoms with Crippen LogP contribution in [0.15, 0.2) is 59.3 Å². The zero-order valence-corrected chi connectivity index (χ0v) is 19.3. The maximum absolute atomic E-state index is 12.3. The van der Waals surface area contributed by atoms with Crippen molar-refractivity contribution in [3.63, 3.8) is 0 Å². The monoisotopic (exact) mass is 449 g/mol. The van der Waals surface area contributed by atoms with E-state index in [1.807, 2.05) is 41.1 Å². The Morgan fingerprint density at radius 2 is 1.87 bits per heavy atom. The molecule has 2 aromatic carbocycles. The van der Waals surface area contributed by atoms with Crippen LogP contribution in [-0.4, -0.2) is 25.7 Å². The van der Waals surface area contributed by atoms with Crippen LogP contribution in [0.25, 0.3) is 5.69 Å². The maximum Gasteiger partial charge on any atom is 0.231 e. The smallest absolute Gasteiger partial charge is 0.231 e. The van der Waals surface area contributed by atoms with Crippen LogP contribution in [0.2, 0.25) is 0 Å². The van der Waals surface area contributed by atoms with Crippen molar-refractivity contribution in [1.29, 1.82) is 0 Å². The highest BCUT2D eigenvalue weighted by Gasteiger charge is 2.12. The second-order valence-electron chi connectivity index (χ2n) is 7.39. The summed E-state index contributed by atoms with van der Waals surface area (Å²) in [5, 5.41) is 14.9. The van der Waals surface area contributed by atoms with Crippen LogP contribution in [-0.2, 0) is 17.0 Å². The van der Waals surface area contributed by atoms with Gasteiger partial charge in [-0.1, -0.05) is 41.6 Å². The van der Waals surface area contributed by atoms with E-state index in [1.165, 1.54) is 22.5 Å². The normalized spacial score (nSPS) is 10.9. The fourth-order valence-corrected chi connectivity index (χ4v) is 4.79. The van der Waals surface area contributed by atoms with Gasteiger partial charge in [0.1, 0.15) is 11.3 Å². The molecule has 6 nitrogen and oxygen atoms in total. The molecular weight excluding hydrogens is 426 g/mol. The van der Waals surface area contributed by atoms with Gasteiger partial charge >= 0.3 is 0 Å². The molecule has 0 aliphatic heterocycles. The number of carbonyl (C=O) groups is 1. The zero-order chi connectivity index (χ0) is 21.8. The van der Waals surface area contributed by atoms with Crippen molar-refractivity contribution in [2.45, 2.75) is 38.1 Å². The summed E-state index contributed by atoms with van der Waals surface area (Å²) in [6.45, 7) is 6.18. The topological polar surface area (TPSA) is 72.7 Å². The van der Waals surface area contributed by atoms with Crippen LogP contribution in [0.1, 0.15) is 27.4 Å². The lowest BCUT2D eigenvalue weighted by atomic mass is 10.1. The van der Waals surface area contributed by atoms with Gasteiger partial charge in [-0.15, -0.1) is 21.5 Å². The van der Waals surface area contributed by atoms with Crippen LogP contribution in [0.3, 0.4) is 0 Å². The Hall–Kier alpha value is -2.97. The number of nitrogens with zero attached hydrogens (tertiary/aromatic N) is 4. The van der Waals surface area contributed by atoms with E-state index in [9.17, 15) is 4.79 Å². The first-order valence-electron chi connectivity index (χ1n) is 9.88. The molecule has 0 atom stereocenters. The third kappa shape index (κ3) is 5.39. The van der Waals surface area contributed by atoms with Crippen LogP contribution in [0, 0.1) is 20.8 Å². The number of carbonyl (C=O) groups excluding carboxylic acids is 1. The van der Waals surface area contributed by atoms with Crippen molar-refractivity contribution < 1.29 is 4.79 Å². The fourth-order valence-electron chi connectivity index (χ4n) is 3.08. The summed E-state index contributed by atoms with van der Waals surface area (Å²) >= 11 is 3.09. The summed E-state index contributed by atoms with van der Waals surface area (Å²) in [4.78, 5) is 16.9. The largest absolute Gasteiger partial charge is 0.326 e. The van der Waals surface area contributed by atoms with Gasteiger partial charge in [-0.3, -0.25) is 9.36 Å². The maximum atomic E-state index is 12.3. The zero-order valence-electron chi connectivity index (χ0n) is 17.6. The third-order valence-electron chi connectivity index (χ3n) is 4.74. The third-order valence-corrected chi connectivity index (χ3v) is 6.61. The Bertz CT molecular complexity index is 1200. The quantitative estimate of drug-likeness (QED) is 0.396. The molecule has 31 heavy (non-hydrogen) atoms. The lowest BCUT2D eigenvalue weighted by Gasteiger charge is -2.10. The lowest BCUT2D eigenvalue weighted by molar-refractivity contribution is -0.115.